The Morgan fingerprint density at radius 2 is 1.80 bits per heavy atom. The number of benzene rings is 1. The van der Waals surface area contributed by atoms with E-state index in [1.165, 1.54) is 12.0 Å². The first kappa shape index (κ1) is 14.6. The Labute approximate surface area is 121 Å². The Hall–Kier alpha value is -1.77. The van der Waals surface area contributed by atoms with Crippen molar-refractivity contribution in [1.82, 2.24) is 9.78 Å². The van der Waals surface area contributed by atoms with Crippen LogP contribution in [0.15, 0.2) is 30.3 Å². The molecule has 0 bridgehead atoms. The van der Waals surface area contributed by atoms with Crippen molar-refractivity contribution < 1.29 is 0 Å². The molecule has 2 aromatic rings. The van der Waals surface area contributed by atoms with Gasteiger partial charge in [-0.3, -0.25) is 0 Å². The molecular weight excluding hydrogens is 246 g/mol. The lowest BCUT2D eigenvalue weighted by molar-refractivity contribution is 0.590. The number of hydrogen-bond acceptors (Lipinski definition) is 2. The number of nitrogens with zero attached hydrogens (tertiary/aromatic N) is 2. The van der Waals surface area contributed by atoms with E-state index < -0.39 is 0 Å². The maximum Gasteiger partial charge on any atom is 0.127 e. The molecule has 0 spiro atoms. The van der Waals surface area contributed by atoms with Crippen LogP contribution in [0.4, 0.5) is 5.82 Å². The Bertz CT molecular complexity index is 559. The van der Waals surface area contributed by atoms with Crippen molar-refractivity contribution >= 4 is 5.82 Å². The molecule has 0 unspecified atom stereocenters. The van der Waals surface area contributed by atoms with Gasteiger partial charge >= 0.3 is 0 Å². The zero-order chi connectivity index (χ0) is 14.8. The lowest BCUT2D eigenvalue weighted by Crippen LogP contribution is -2.11. The molecule has 20 heavy (non-hydrogen) atoms. The normalized spacial score (nSPS) is 11.8. The fourth-order valence-electron chi connectivity index (χ4n) is 2.24. The van der Waals surface area contributed by atoms with Crippen molar-refractivity contribution in [2.45, 2.75) is 52.4 Å². The summed E-state index contributed by atoms with van der Waals surface area (Å²) < 4.78 is 1.83. The first-order valence-electron chi connectivity index (χ1n) is 7.37. The van der Waals surface area contributed by atoms with Crippen LogP contribution in [0.5, 0.6) is 0 Å². The number of rotatable bonds is 4. The molecular formula is C17H25N3. The second-order valence-electron chi connectivity index (χ2n) is 6.37. The molecule has 0 aliphatic heterocycles. The molecule has 108 valence electrons. The van der Waals surface area contributed by atoms with Crippen LogP contribution in [-0.2, 0) is 11.8 Å². The standard InChI is InChI=1S/C17H25N3/c1-5-6-7-14-12-16(18)20(19-14)15-10-8-13(9-11-15)17(2,3)4/h8-12H,5-7,18H2,1-4H3. The van der Waals surface area contributed by atoms with Crippen molar-refractivity contribution in [3.05, 3.63) is 41.6 Å². The fourth-order valence-corrected chi connectivity index (χ4v) is 2.24. The van der Waals surface area contributed by atoms with Crippen molar-refractivity contribution in [2.24, 2.45) is 0 Å². The van der Waals surface area contributed by atoms with Gasteiger partial charge in [-0.15, -0.1) is 0 Å². The molecule has 2 rings (SSSR count). The number of aromatic nitrogens is 2. The summed E-state index contributed by atoms with van der Waals surface area (Å²) in [5.74, 6) is 0.708. The first-order chi connectivity index (χ1) is 9.41. The predicted octanol–water partition coefficient (Wildman–Crippen LogP) is 4.09. The summed E-state index contributed by atoms with van der Waals surface area (Å²) in [6, 6.07) is 10.5. The molecule has 0 radical (unpaired) electrons. The topological polar surface area (TPSA) is 43.8 Å². The fraction of sp³-hybridized carbons (Fsp3) is 0.471. The van der Waals surface area contributed by atoms with Gasteiger partial charge in [-0.25, -0.2) is 4.68 Å². The van der Waals surface area contributed by atoms with Crippen molar-refractivity contribution in [1.29, 1.82) is 0 Å². The third kappa shape index (κ3) is 3.21. The van der Waals surface area contributed by atoms with E-state index in [1.54, 1.807) is 0 Å². The molecule has 3 nitrogen and oxygen atoms in total. The molecule has 1 aromatic carbocycles. The molecule has 0 aliphatic rings. The van der Waals surface area contributed by atoms with Crippen LogP contribution >= 0.6 is 0 Å². The van der Waals surface area contributed by atoms with Crippen molar-refractivity contribution in [3.8, 4) is 5.69 Å². The van der Waals surface area contributed by atoms with Crippen molar-refractivity contribution in [2.75, 3.05) is 5.73 Å². The highest BCUT2D eigenvalue weighted by Crippen LogP contribution is 2.24. The quantitative estimate of drug-likeness (QED) is 0.910. The van der Waals surface area contributed by atoms with E-state index in [9.17, 15) is 0 Å². The van der Waals surface area contributed by atoms with E-state index in [0.29, 0.717) is 5.82 Å². The summed E-state index contributed by atoms with van der Waals surface area (Å²) in [6.07, 6.45) is 3.32. The monoisotopic (exact) mass is 271 g/mol. The van der Waals surface area contributed by atoms with Crippen LogP contribution in [0.25, 0.3) is 5.69 Å². The second-order valence-corrected chi connectivity index (χ2v) is 6.37. The van der Waals surface area contributed by atoms with Crippen LogP contribution in [-0.4, -0.2) is 9.78 Å². The molecule has 0 atom stereocenters. The maximum atomic E-state index is 6.07. The molecule has 0 saturated carbocycles. The zero-order valence-electron chi connectivity index (χ0n) is 13.0. The zero-order valence-corrected chi connectivity index (χ0v) is 13.0. The number of anilines is 1. The Morgan fingerprint density at radius 3 is 2.35 bits per heavy atom. The molecule has 1 heterocycles. The highest BCUT2D eigenvalue weighted by molar-refractivity contribution is 5.44. The van der Waals surface area contributed by atoms with E-state index in [1.807, 2.05) is 10.7 Å². The van der Waals surface area contributed by atoms with E-state index in [0.717, 1.165) is 24.2 Å². The summed E-state index contributed by atoms with van der Waals surface area (Å²) in [4.78, 5) is 0. The Kier molecular flexibility index (Phi) is 4.17. The number of nitrogen functional groups attached to an aromatic ring is 1. The third-order valence-corrected chi connectivity index (χ3v) is 3.55. The second kappa shape index (κ2) is 5.70. The van der Waals surface area contributed by atoms with Gasteiger partial charge in [0, 0.05) is 6.07 Å². The summed E-state index contributed by atoms with van der Waals surface area (Å²) in [5.41, 5.74) is 9.65. The molecule has 1 aromatic heterocycles. The van der Waals surface area contributed by atoms with Crippen LogP contribution in [0.1, 0.15) is 51.8 Å². The summed E-state index contributed by atoms with van der Waals surface area (Å²) in [7, 11) is 0. The highest BCUT2D eigenvalue weighted by atomic mass is 15.3. The average Bonchev–Trinajstić information content (AvgIpc) is 2.77. The molecule has 2 N–H and O–H groups in total. The molecule has 0 aliphatic carbocycles. The smallest absolute Gasteiger partial charge is 0.127 e. The van der Waals surface area contributed by atoms with Gasteiger partial charge in [-0.05, 0) is 36.0 Å². The highest BCUT2D eigenvalue weighted by Gasteiger charge is 2.14. The predicted molar refractivity (Wildman–Crippen MR) is 85.3 cm³/mol. The first-order valence-corrected chi connectivity index (χ1v) is 7.37. The van der Waals surface area contributed by atoms with E-state index in [4.69, 9.17) is 5.73 Å². The Morgan fingerprint density at radius 1 is 1.15 bits per heavy atom. The molecule has 0 saturated heterocycles. The summed E-state index contributed by atoms with van der Waals surface area (Å²) >= 11 is 0. The SMILES string of the molecule is CCCCc1cc(N)n(-c2ccc(C(C)(C)C)cc2)n1. The average molecular weight is 271 g/mol. The number of nitrogens with two attached hydrogens (primary N) is 1. The molecule has 0 amide bonds. The van der Waals surface area contributed by atoms with Crippen LogP contribution in [0.2, 0.25) is 0 Å². The van der Waals surface area contributed by atoms with Gasteiger partial charge in [0.25, 0.3) is 0 Å². The van der Waals surface area contributed by atoms with Gasteiger partial charge in [-0.1, -0.05) is 46.2 Å². The van der Waals surface area contributed by atoms with Gasteiger partial charge < -0.3 is 5.73 Å². The summed E-state index contributed by atoms with van der Waals surface area (Å²) in [6.45, 7) is 8.83. The minimum Gasteiger partial charge on any atom is -0.384 e. The van der Waals surface area contributed by atoms with E-state index in [-0.39, 0.29) is 5.41 Å². The third-order valence-electron chi connectivity index (χ3n) is 3.55. The number of unbranched alkanes of at least 4 members (excludes halogenated alkanes) is 1. The lowest BCUT2D eigenvalue weighted by Gasteiger charge is -2.19. The van der Waals surface area contributed by atoms with Crippen molar-refractivity contribution in [3.63, 3.8) is 0 Å². The molecule has 3 heteroatoms. The van der Waals surface area contributed by atoms with E-state index >= 15 is 0 Å². The number of hydrogen-bond donors (Lipinski definition) is 1. The Balaban J connectivity index is 2.25. The van der Waals surface area contributed by atoms with E-state index in [2.05, 4.69) is 57.1 Å². The lowest BCUT2D eigenvalue weighted by atomic mass is 9.87. The minimum atomic E-state index is 0.167. The van der Waals surface area contributed by atoms with Crippen LogP contribution in [0, 0.1) is 0 Å². The minimum absolute atomic E-state index is 0.167. The molecule has 0 fully saturated rings. The summed E-state index contributed by atoms with van der Waals surface area (Å²) in [5, 5.41) is 4.60. The largest absolute Gasteiger partial charge is 0.384 e. The maximum absolute atomic E-state index is 6.07. The van der Waals surface area contributed by atoms with Crippen LogP contribution < -0.4 is 5.73 Å². The number of aryl methyl sites for hydroxylation is 1. The van der Waals surface area contributed by atoms with Gasteiger partial charge in [-0.2, -0.15) is 5.10 Å². The van der Waals surface area contributed by atoms with Gasteiger partial charge in [0.1, 0.15) is 5.82 Å². The van der Waals surface area contributed by atoms with Crippen LogP contribution in [0.3, 0.4) is 0 Å². The van der Waals surface area contributed by atoms with Gasteiger partial charge in [0.2, 0.25) is 0 Å². The van der Waals surface area contributed by atoms with Gasteiger partial charge in [0.15, 0.2) is 0 Å². The van der Waals surface area contributed by atoms with Gasteiger partial charge in [0.05, 0.1) is 11.4 Å².